The molecule has 0 saturated carbocycles. The quantitative estimate of drug-likeness (QED) is 0.897. The topological polar surface area (TPSA) is 60.9 Å². The SMILES string of the molecule is CC(C(=O)N1CCCc2ccccc21)N(C)CCC(=O)O. The average Bonchev–Trinajstić information content (AvgIpc) is 2.50. The second-order valence-electron chi connectivity index (χ2n) is 5.52. The Bertz CT molecular complexity index is 530. The van der Waals surface area contributed by atoms with E-state index in [-0.39, 0.29) is 18.4 Å². The van der Waals surface area contributed by atoms with Gasteiger partial charge < -0.3 is 10.0 Å². The summed E-state index contributed by atoms with van der Waals surface area (Å²) in [6.45, 7) is 2.94. The number of likely N-dealkylation sites (N-methyl/N-ethyl adjacent to an activating group) is 1. The van der Waals surface area contributed by atoms with Crippen molar-refractivity contribution >= 4 is 17.6 Å². The van der Waals surface area contributed by atoms with Crippen LogP contribution in [0.25, 0.3) is 0 Å². The van der Waals surface area contributed by atoms with Gasteiger partial charge in [-0.25, -0.2) is 0 Å². The number of aryl methyl sites for hydroxylation is 1. The third-order valence-corrected chi connectivity index (χ3v) is 4.07. The molecule has 1 aromatic carbocycles. The Morgan fingerprint density at radius 2 is 2.10 bits per heavy atom. The van der Waals surface area contributed by atoms with Gasteiger partial charge in [-0.15, -0.1) is 0 Å². The second-order valence-corrected chi connectivity index (χ2v) is 5.52. The van der Waals surface area contributed by atoms with Gasteiger partial charge in [0.2, 0.25) is 5.91 Å². The molecule has 1 amide bonds. The van der Waals surface area contributed by atoms with Crippen LogP contribution < -0.4 is 4.90 Å². The maximum Gasteiger partial charge on any atom is 0.304 e. The summed E-state index contributed by atoms with van der Waals surface area (Å²) in [5.74, 6) is -0.806. The standard InChI is InChI=1S/C16H22N2O3/c1-12(17(2)11-9-15(19)20)16(21)18-10-5-7-13-6-3-4-8-14(13)18/h3-4,6,8,12H,5,7,9-11H2,1-2H3,(H,19,20). The Kier molecular flexibility index (Phi) is 4.96. The van der Waals surface area contributed by atoms with E-state index in [2.05, 4.69) is 6.07 Å². The third-order valence-electron chi connectivity index (χ3n) is 4.07. The van der Waals surface area contributed by atoms with E-state index in [0.717, 1.165) is 25.1 Å². The molecule has 1 heterocycles. The number of hydrogen-bond acceptors (Lipinski definition) is 3. The van der Waals surface area contributed by atoms with Gasteiger partial charge in [0.1, 0.15) is 0 Å². The lowest BCUT2D eigenvalue weighted by atomic mass is 10.0. The van der Waals surface area contributed by atoms with E-state index in [1.807, 2.05) is 30.0 Å². The van der Waals surface area contributed by atoms with Crippen molar-refractivity contribution in [1.29, 1.82) is 0 Å². The van der Waals surface area contributed by atoms with Gasteiger partial charge in [0, 0.05) is 18.8 Å². The number of anilines is 1. The van der Waals surface area contributed by atoms with Crippen LogP contribution in [0.4, 0.5) is 5.69 Å². The van der Waals surface area contributed by atoms with Gasteiger partial charge in [0.15, 0.2) is 0 Å². The normalized spacial score (nSPS) is 15.7. The van der Waals surface area contributed by atoms with Crippen LogP contribution in [0.3, 0.4) is 0 Å². The van der Waals surface area contributed by atoms with Gasteiger partial charge in [-0.05, 0) is 38.4 Å². The number of fused-ring (bicyclic) bond motifs is 1. The molecule has 0 saturated heterocycles. The van der Waals surface area contributed by atoms with Crippen molar-refractivity contribution in [3.05, 3.63) is 29.8 Å². The van der Waals surface area contributed by atoms with E-state index in [1.165, 1.54) is 5.56 Å². The monoisotopic (exact) mass is 290 g/mol. The summed E-state index contributed by atoms with van der Waals surface area (Å²) in [6, 6.07) is 7.66. The molecule has 1 unspecified atom stereocenters. The molecule has 0 radical (unpaired) electrons. The van der Waals surface area contributed by atoms with Crippen molar-refractivity contribution in [2.75, 3.05) is 25.0 Å². The highest BCUT2D eigenvalue weighted by molar-refractivity contribution is 5.98. The van der Waals surface area contributed by atoms with Gasteiger partial charge in [0.05, 0.1) is 12.5 Å². The minimum atomic E-state index is -0.843. The van der Waals surface area contributed by atoms with E-state index in [1.54, 1.807) is 11.9 Å². The fraction of sp³-hybridized carbons (Fsp3) is 0.500. The van der Waals surface area contributed by atoms with Crippen LogP contribution >= 0.6 is 0 Å². The summed E-state index contributed by atoms with van der Waals surface area (Å²) in [6.07, 6.45) is 2.02. The Labute approximate surface area is 125 Å². The molecule has 1 aliphatic rings. The zero-order valence-corrected chi connectivity index (χ0v) is 12.6. The summed E-state index contributed by atoms with van der Waals surface area (Å²) >= 11 is 0. The number of carboxylic acids is 1. The van der Waals surface area contributed by atoms with Crippen LogP contribution in [0.1, 0.15) is 25.3 Å². The minimum absolute atomic E-state index is 0.0371. The van der Waals surface area contributed by atoms with Crippen molar-refractivity contribution in [2.24, 2.45) is 0 Å². The summed E-state index contributed by atoms with van der Waals surface area (Å²) < 4.78 is 0. The van der Waals surface area contributed by atoms with Crippen LogP contribution in [0.2, 0.25) is 0 Å². The molecule has 5 nitrogen and oxygen atoms in total. The van der Waals surface area contributed by atoms with E-state index in [4.69, 9.17) is 5.11 Å². The Balaban J connectivity index is 2.08. The van der Waals surface area contributed by atoms with Crippen molar-refractivity contribution in [3.8, 4) is 0 Å². The fourth-order valence-corrected chi connectivity index (χ4v) is 2.64. The first-order valence-corrected chi connectivity index (χ1v) is 7.32. The van der Waals surface area contributed by atoms with Crippen LogP contribution in [0.15, 0.2) is 24.3 Å². The van der Waals surface area contributed by atoms with Gasteiger partial charge in [0.25, 0.3) is 0 Å². The molecular formula is C16H22N2O3. The molecule has 1 N–H and O–H groups in total. The van der Waals surface area contributed by atoms with Gasteiger partial charge >= 0.3 is 5.97 Å². The number of amides is 1. The van der Waals surface area contributed by atoms with Crippen molar-refractivity contribution < 1.29 is 14.7 Å². The smallest absolute Gasteiger partial charge is 0.304 e. The van der Waals surface area contributed by atoms with E-state index in [0.29, 0.717) is 6.54 Å². The molecule has 0 aromatic heterocycles. The van der Waals surface area contributed by atoms with Gasteiger partial charge in [-0.1, -0.05) is 18.2 Å². The first-order chi connectivity index (χ1) is 10.0. The predicted molar refractivity (Wildman–Crippen MR) is 81.5 cm³/mol. The van der Waals surface area contributed by atoms with Gasteiger partial charge in [-0.2, -0.15) is 0 Å². The largest absolute Gasteiger partial charge is 0.481 e. The number of carbonyl (C=O) groups excluding carboxylic acids is 1. The lowest BCUT2D eigenvalue weighted by molar-refractivity contribution is -0.138. The maximum absolute atomic E-state index is 12.7. The zero-order chi connectivity index (χ0) is 15.4. The molecular weight excluding hydrogens is 268 g/mol. The number of benzene rings is 1. The summed E-state index contributed by atoms with van der Waals surface area (Å²) in [5.41, 5.74) is 2.20. The number of carboxylic acid groups (broad SMARTS) is 1. The van der Waals surface area contributed by atoms with Crippen LogP contribution in [0, 0.1) is 0 Å². The van der Waals surface area contributed by atoms with Crippen molar-refractivity contribution in [2.45, 2.75) is 32.2 Å². The Morgan fingerprint density at radius 3 is 2.81 bits per heavy atom. The number of aliphatic carboxylic acids is 1. The third kappa shape index (κ3) is 3.61. The van der Waals surface area contributed by atoms with E-state index in [9.17, 15) is 9.59 Å². The number of rotatable bonds is 5. The molecule has 0 aliphatic carbocycles. The van der Waals surface area contributed by atoms with Crippen LogP contribution in [-0.2, 0) is 16.0 Å². The highest BCUT2D eigenvalue weighted by Gasteiger charge is 2.28. The van der Waals surface area contributed by atoms with Gasteiger partial charge in [-0.3, -0.25) is 14.5 Å². The minimum Gasteiger partial charge on any atom is -0.481 e. The van der Waals surface area contributed by atoms with Crippen LogP contribution in [0.5, 0.6) is 0 Å². The number of nitrogens with zero attached hydrogens (tertiary/aromatic N) is 2. The van der Waals surface area contributed by atoms with Crippen LogP contribution in [-0.4, -0.2) is 48.1 Å². The average molecular weight is 290 g/mol. The summed E-state index contributed by atoms with van der Waals surface area (Å²) in [5, 5.41) is 8.74. The molecule has 21 heavy (non-hydrogen) atoms. The molecule has 1 aliphatic heterocycles. The lowest BCUT2D eigenvalue weighted by Crippen LogP contribution is -2.48. The fourth-order valence-electron chi connectivity index (χ4n) is 2.64. The lowest BCUT2D eigenvalue weighted by Gasteiger charge is -2.34. The molecule has 0 bridgehead atoms. The Hall–Kier alpha value is -1.88. The highest BCUT2D eigenvalue weighted by atomic mass is 16.4. The molecule has 114 valence electrons. The first-order valence-electron chi connectivity index (χ1n) is 7.32. The number of hydrogen-bond donors (Lipinski definition) is 1. The zero-order valence-electron chi connectivity index (χ0n) is 12.6. The predicted octanol–water partition coefficient (Wildman–Crippen LogP) is 1.76. The number of para-hydroxylation sites is 1. The molecule has 5 heteroatoms. The molecule has 2 rings (SSSR count). The maximum atomic E-state index is 12.7. The second kappa shape index (κ2) is 6.72. The van der Waals surface area contributed by atoms with Crippen molar-refractivity contribution in [3.63, 3.8) is 0 Å². The van der Waals surface area contributed by atoms with E-state index >= 15 is 0 Å². The molecule has 0 fully saturated rings. The summed E-state index contributed by atoms with van der Waals surface area (Å²) in [7, 11) is 1.79. The van der Waals surface area contributed by atoms with E-state index < -0.39 is 5.97 Å². The molecule has 1 atom stereocenters. The molecule has 1 aromatic rings. The summed E-state index contributed by atoms with van der Waals surface area (Å²) in [4.78, 5) is 27.0. The molecule has 0 spiro atoms. The highest BCUT2D eigenvalue weighted by Crippen LogP contribution is 2.27. The first kappa shape index (κ1) is 15.5. The number of carbonyl (C=O) groups is 2. The Morgan fingerprint density at radius 1 is 1.38 bits per heavy atom. The van der Waals surface area contributed by atoms with Crippen molar-refractivity contribution in [1.82, 2.24) is 4.90 Å².